The molecule has 0 aliphatic carbocycles. The zero-order chi connectivity index (χ0) is 8.69. The van der Waals surface area contributed by atoms with E-state index in [1.165, 1.54) is 0 Å². The van der Waals surface area contributed by atoms with Crippen LogP contribution in [0.5, 0.6) is 0 Å². The van der Waals surface area contributed by atoms with Crippen LogP contribution in [0.3, 0.4) is 0 Å². The molecule has 0 bridgehead atoms. The van der Waals surface area contributed by atoms with Gasteiger partial charge in [-0.2, -0.15) is 0 Å². The molecule has 11 heavy (non-hydrogen) atoms. The van der Waals surface area contributed by atoms with Crippen molar-refractivity contribution in [3.8, 4) is 0 Å². The summed E-state index contributed by atoms with van der Waals surface area (Å²) < 4.78 is 0. The van der Waals surface area contributed by atoms with Gasteiger partial charge in [0.05, 0.1) is 0 Å². The molecule has 2 amide bonds. The third kappa shape index (κ3) is 3.65. The number of amides is 2. The normalized spacial score (nSPS) is 8.91. The summed E-state index contributed by atoms with van der Waals surface area (Å²) in [7, 11) is 0. The van der Waals surface area contributed by atoms with E-state index in [1.807, 2.05) is 13.8 Å². The van der Waals surface area contributed by atoms with Gasteiger partial charge < -0.3 is 10.2 Å². The molecule has 0 aliphatic heterocycles. The summed E-state index contributed by atoms with van der Waals surface area (Å²) in [5, 5.41) is 2.70. The van der Waals surface area contributed by atoms with E-state index in [4.69, 9.17) is 0 Å². The molecule has 0 aromatic heterocycles. The Morgan fingerprint density at radius 2 is 2.09 bits per heavy atom. The van der Waals surface area contributed by atoms with Crippen LogP contribution in [0.2, 0.25) is 0 Å². The largest absolute Gasteiger partial charge is 0.335 e. The highest BCUT2D eigenvalue weighted by molar-refractivity contribution is 5.74. The Morgan fingerprint density at radius 1 is 1.55 bits per heavy atom. The zero-order valence-electron chi connectivity index (χ0n) is 7.26. The SMILES string of the molecule is C=CCNC(=O)N(CC)CC. The minimum absolute atomic E-state index is 0.0186. The second-order valence-electron chi connectivity index (χ2n) is 2.15. The summed E-state index contributed by atoms with van der Waals surface area (Å²) in [6.45, 7) is 9.46. The number of carbonyl (C=O) groups excluding carboxylic acids is 1. The third-order valence-electron chi connectivity index (χ3n) is 1.45. The van der Waals surface area contributed by atoms with E-state index in [1.54, 1.807) is 11.0 Å². The summed E-state index contributed by atoms with van der Waals surface area (Å²) in [5.74, 6) is 0. The fourth-order valence-electron chi connectivity index (χ4n) is 0.782. The van der Waals surface area contributed by atoms with Gasteiger partial charge in [0.2, 0.25) is 0 Å². The van der Waals surface area contributed by atoms with Gasteiger partial charge in [-0.05, 0) is 13.8 Å². The fraction of sp³-hybridized carbons (Fsp3) is 0.625. The maximum Gasteiger partial charge on any atom is 0.317 e. The summed E-state index contributed by atoms with van der Waals surface area (Å²) >= 11 is 0. The number of nitrogens with one attached hydrogen (secondary N) is 1. The first-order chi connectivity index (χ1) is 5.26. The topological polar surface area (TPSA) is 32.3 Å². The monoisotopic (exact) mass is 156 g/mol. The Kier molecular flexibility index (Phi) is 5.25. The number of rotatable bonds is 4. The molecule has 0 heterocycles. The molecule has 0 saturated heterocycles. The van der Waals surface area contributed by atoms with E-state index in [-0.39, 0.29) is 6.03 Å². The number of hydrogen-bond donors (Lipinski definition) is 1. The molecule has 0 aromatic rings. The van der Waals surface area contributed by atoms with Crippen molar-refractivity contribution in [3.63, 3.8) is 0 Å². The number of hydrogen-bond acceptors (Lipinski definition) is 1. The van der Waals surface area contributed by atoms with E-state index in [2.05, 4.69) is 11.9 Å². The molecule has 0 unspecified atom stereocenters. The maximum atomic E-state index is 11.1. The van der Waals surface area contributed by atoms with Crippen molar-refractivity contribution in [2.75, 3.05) is 19.6 Å². The molecule has 0 atom stereocenters. The van der Waals surface area contributed by atoms with Crippen molar-refractivity contribution in [2.24, 2.45) is 0 Å². The quantitative estimate of drug-likeness (QED) is 0.610. The Morgan fingerprint density at radius 3 is 2.45 bits per heavy atom. The Hall–Kier alpha value is -0.990. The molecule has 0 fully saturated rings. The van der Waals surface area contributed by atoms with Crippen LogP contribution < -0.4 is 5.32 Å². The van der Waals surface area contributed by atoms with Gasteiger partial charge in [0.1, 0.15) is 0 Å². The lowest BCUT2D eigenvalue weighted by atomic mass is 10.5. The van der Waals surface area contributed by atoms with Crippen LogP contribution in [0.1, 0.15) is 13.8 Å². The molecule has 0 radical (unpaired) electrons. The van der Waals surface area contributed by atoms with Crippen LogP contribution in [0, 0.1) is 0 Å². The molecular weight excluding hydrogens is 140 g/mol. The Balaban J connectivity index is 3.69. The van der Waals surface area contributed by atoms with Crippen molar-refractivity contribution >= 4 is 6.03 Å². The summed E-state index contributed by atoms with van der Waals surface area (Å²) in [5.41, 5.74) is 0. The molecule has 0 saturated carbocycles. The number of urea groups is 1. The summed E-state index contributed by atoms with van der Waals surface area (Å²) in [6, 6.07) is -0.0186. The first kappa shape index (κ1) is 10.0. The van der Waals surface area contributed by atoms with Gasteiger partial charge in [-0.15, -0.1) is 6.58 Å². The van der Waals surface area contributed by atoms with Gasteiger partial charge in [-0.3, -0.25) is 0 Å². The van der Waals surface area contributed by atoms with Gasteiger partial charge in [0, 0.05) is 19.6 Å². The first-order valence-corrected chi connectivity index (χ1v) is 3.89. The molecular formula is C8H16N2O. The van der Waals surface area contributed by atoms with Crippen LogP contribution in [0.25, 0.3) is 0 Å². The highest BCUT2D eigenvalue weighted by Crippen LogP contribution is 1.86. The van der Waals surface area contributed by atoms with Crippen LogP contribution in [0.15, 0.2) is 12.7 Å². The number of nitrogens with zero attached hydrogens (tertiary/aromatic N) is 1. The van der Waals surface area contributed by atoms with Gasteiger partial charge in [0.15, 0.2) is 0 Å². The predicted octanol–water partition coefficient (Wildman–Crippen LogP) is 1.22. The van der Waals surface area contributed by atoms with E-state index in [0.717, 1.165) is 13.1 Å². The molecule has 0 aliphatic rings. The number of carbonyl (C=O) groups is 1. The van der Waals surface area contributed by atoms with Crippen LogP contribution in [0.4, 0.5) is 4.79 Å². The molecule has 0 aromatic carbocycles. The molecule has 64 valence electrons. The van der Waals surface area contributed by atoms with Crippen molar-refractivity contribution < 1.29 is 4.79 Å². The zero-order valence-corrected chi connectivity index (χ0v) is 7.26. The lowest BCUT2D eigenvalue weighted by Crippen LogP contribution is -2.39. The average molecular weight is 156 g/mol. The minimum atomic E-state index is -0.0186. The van der Waals surface area contributed by atoms with Crippen molar-refractivity contribution in [1.82, 2.24) is 10.2 Å². The van der Waals surface area contributed by atoms with Gasteiger partial charge in [0.25, 0.3) is 0 Å². The maximum absolute atomic E-state index is 11.1. The smallest absolute Gasteiger partial charge is 0.317 e. The molecule has 0 spiro atoms. The third-order valence-corrected chi connectivity index (χ3v) is 1.45. The molecule has 3 heteroatoms. The van der Waals surface area contributed by atoms with Gasteiger partial charge >= 0.3 is 6.03 Å². The van der Waals surface area contributed by atoms with Crippen molar-refractivity contribution in [3.05, 3.63) is 12.7 Å². The van der Waals surface area contributed by atoms with Crippen LogP contribution in [-0.4, -0.2) is 30.6 Å². The molecule has 3 nitrogen and oxygen atoms in total. The van der Waals surface area contributed by atoms with Crippen LogP contribution >= 0.6 is 0 Å². The van der Waals surface area contributed by atoms with E-state index < -0.39 is 0 Å². The fourth-order valence-corrected chi connectivity index (χ4v) is 0.782. The van der Waals surface area contributed by atoms with E-state index in [0.29, 0.717) is 6.54 Å². The highest BCUT2D eigenvalue weighted by atomic mass is 16.2. The Bertz CT molecular complexity index is 130. The van der Waals surface area contributed by atoms with Crippen LogP contribution in [-0.2, 0) is 0 Å². The molecule has 0 rings (SSSR count). The van der Waals surface area contributed by atoms with E-state index in [9.17, 15) is 4.79 Å². The standard InChI is InChI=1S/C8H16N2O/c1-4-7-9-8(11)10(5-2)6-3/h4H,1,5-7H2,2-3H3,(H,9,11). The Labute approximate surface area is 68.1 Å². The highest BCUT2D eigenvalue weighted by Gasteiger charge is 2.05. The second kappa shape index (κ2) is 5.77. The van der Waals surface area contributed by atoms with Gasteiger partial charge in [-0.25, -0.2) is 4.79 Å². The van der Waals surface area contributed by atoms with Crippen molar-refractivity contribution in [2.45, 2.75) is 13.8 Å². The average Bonchev–Trinajstić information content (AvgIpc) is 2.03. The molecule has 1 N–H and O–H groups in total. The summed E-state index contributed by atoms with van der Waals surface area (Å²) in [4.78, 5) is 12.9. The first-order valence-electron chi connectivity index (χ1n) is 3.89. The predicted molar refractivity (Wildman–Crippen MR) is 46.5 cm³/mol. The van der Waals surface area contributed by atoms with Crippen molar-refractivity contribution in [1.29, 1.82) is 0 Å². The second-order valence-corrected chi connectivity index (χ2v) is 2.15. The van der Waals surface area contributed by atoms with E-state index >= 15 is 0 Å². The lowest BCUT2D eigenvalue weighted by molar-refractivity contribution is 0.204. The lowest BCUT2D eigenvalue weighted by Gasteiger charge is -2.18. The minimum Gasteiger partial charge on any atom is -0.335 e. The van der Waals surface area contributed by atoms with Gasteiger partial charge in [-0.1, -0.05) is 6.08 Å². The summed E-state index contributed by atoms with van der Waals surface area (Å²) in [6.07, 6.45) is 1.67.